The fourth-order valence-corrected chi connectivity index (χ4v) is 5.46. The maximum atomic E-state index is 13.4. The zero-order valence-electron chi connectivity index (χ0n) is 17.9. The summed E-state index contributed by atoms with van der Waals surface area (Å²) in [4.78, 5) is 41.1. The Balaban J connectivity index is 1.39. The van der Waals surface area contributed by atoms with Crippen molar-refractivity contribution in [3.8, 4) is 5.75 Å². The smallest absolute Gasteiger partial charge is 0.234 e. The molecule has 2 aromatic carbocycles. The summed E-state index contributed by atoms with van der Waals surface area (Å²) >= 11 is 0. The van der Waals surface area contributed by atoms with Crippen LogP contribution in [-0.2, 0) is 20.9 Å². The fourth-order valence-electron chi connectivity index (χ4n) is 5.46. The number of fused-ring (bicyclic) bond motifs is 5. The lowest BCUT2D eigenvalue weighted by Crippen LogP contribution is -2.39. The second kappa shape index (κ2) is 8.26. The molecule has 0 aromatic heterocycles. The lowest BCUT2D eigenvalue weighted by Gasteiger charge is -2.28. The van der Waals surface area contributed by atoms with E-state index in [2.05, 4.69) is 17.5 Å². The normalized spacial score (nSPS) is 26.3. The van der Waals surface area contributed by atoms with Crippen molar-refractivity contribution in [3.05, 3.63) is 77.9 Å². The van der Waals surface area contributed by atoms with E-state index in [9.17, 15) is 14.4 Å². The summed E-state index contributed by atoms with van der Waals surface area (Å²) < 4.78 is 5.25. The number of allylic oxidation sites excluding steroid dienone is 2. The van der Waals surface area contributed by atoms with E-state index in [1.54, 1.807) is 19.2 Å². The summed E-state index contributed by atoms with van der Waals surface area (Å²) in [5.74, 6) is -0.115. The van der Waals surface area contributed by atoms with E-state index in [-0.39, 0.29) is 47.8 Å². The molecule has 1 N–H and O–H groups in total. The van der Waals surface area contributed by atoms with Gasteiger partial charge < -0.3 is 10.1 Å². The van der Waals surface area contributed by atoms with Crippen LogP contribution in [0.2, 0.25) is 0 Å². The molecule has 0 radical (unpaired) electrons. The second-order valence-corrected chi connectivity index (χ2v) is 8.80. The number of amides is 3. The molecule has 2 bridgehead atoms. The Bertz CT molecular complexity index is 1030. The van der Waals surface area contributed by atoms with Gasteiger partial charge in [-0.2, -0.15) is 0 Å². The van der Waals surface area contributed by atoms with Gasteiger partial charge in [0.15, 0.2) is 0 Å². The van der Waals surface area contributed by atoms with Crippen LogP contribution in [0.25, 0.3) is 0 Å². The molecule has 2 aromatic rings. The minimum atomic E-state index is -0.637. The minimum Gasteiger partial charge on any atom is -0.497 e. The van der Waals surface area contributed by atoms with Gasteiger partial charge in [-0.3, -0.25) is 19.3 Å². The molecule has 0 spiro atoms. The SMILES string of the molecule is COc1ccc(C(CC(=O)NCc2ccccc2)N2C(=O)C3C4C=CC(C4)C3C2=O)cc1. The van der Waals surface area contributed by atoms with Gasteiger partial charge in [0.2, 0.25) is 17.7 Å². The Hall–Kier alpha value is -3.41. The van der Waals surface area contributed by atoms with Gasteiger partial charge in [0.1, 0.15) is 5.75 Å². The number of carbonyl (C=O) groups is 3. The number of hydrogen-bond donors (Lipinski definition) is 1. The Kier molecular flexibility index (Phi) is 5.29. The third-order valence-electron chi connectivity index (χ3n) is 7.03. The topological polar surface area (TPSA) is 75.7 Å². The first-order valence-corrected chi connectivity index (χ1v) is 11.1. The first-order valence-electron chi connectivity index (χ1n) is 11.1. The number of rotatable bonds is 7. The number of ether oxygens (including phenoxy) is 1. The molecule has 5 unspecified atom stereocenters. The Morgan fingerprint density at radius 2 is 1.62 bits per heavy atom. The highest BCUT2D eigenvalue weighted by Crippen LogP contribution is 2.54. The Morgan fingerprint density at radius 3 is 2.22 bits per heavy atom. The number of methoxy groups -OCH3 is 1. The first-order chi connectivity index (χ1) is 15.6. The molecule has 1 saturated heterocycles. The Labute approximate surface area is 187 Å². The van der Waals surface area contributed by atoms with Gasteiger partial charge in [-0.25, -0.2) is 0 Å². The monoisotopic (exact) mass is 430 g/mol. The molecule has 5 atom stereocenters. The van der Waals surface area contributed by atoms with Crippen LogP contribution in [0, 0.1) is 23.7 Å². The molecule has 2 fully saturated rings. The van der Waals surface area contributed by atoms with Crippen molar-refractivity contribution in [2.45, 2.75) is 25.4 Å². The summed E-state index contributed by atoms with van der Waals surface area (Å²) in [7, 11) is 1.58. The van der Waals surface area contributed by atoms with Crippen LogP contribution in [0.15, 0.2) is 66.7 Å². The van der Waals surface area contributed by atoms with E-state index in [0.29, 0.717) is 12.3 Å². The van der Waals surface area contributed by atoms with E-state index in [0.717, 1.165) is 17.5 Å². The highest BCUT2D eigenvalue weighted by molar-refractivity contribution is 6.07. The van der Waals surface area contributed by atoms with E-state index in [1.807, 2.05) is 42.5 Å². The highest BCUT2D eigenvalue weighted by Gasteiger charge is 2.60. The fraction of sp³-hybridized carbons (Fsp3) is 0.346. The van der Waals surface area contributed by atoms with Crippen LogP contribution >= 0.6 is 0 Å². The molecule has 164 valence electrons. The molecule has 32 heavy (non-hydrogen) atoms. The second-order valence-electron chi connectivity index (χ2n) is 8.80. The van der Waals surface area contributed by atoms with Gasteiger partial charge in [0.25, 0.3) is 0 Å². The van der Waals surface area contributed by atoms with Crippen LogP contribution in [0.4, 0.5) is 0 Å². The van der Waals surface area contributed by atoms with Gasteiger partial charge in [0, 0.05) is 6.54 Å². The van der Waals surface area contributed by atoms with Gasteiger partial charge in [-0.1, -0.05) is 54.6 Å². The third kappa shape index (κ3) is 3.49. The lowest BCUT2D eigenvalue weighted by atomic mass is 9.85. The lowest BCUT2D eigenvalue weighted by molar-refractivity contribution is -0.144. The van der Waals surface area contributed by atoms with Crippen molar-refractivity contribution in [2.24, 2.45) is 23.7 Å². The van der Waals surface area contributed by atoms with Crippen molar-refractivity contribution in [2.75, 3.05) is 7.11 Å². The third-order valence-corrected chi connectivity index (χ3v) is 7.03. The van der Waals surface area contributed by atoms with E-state index in [1.165, 1.54) is 4.90 Å². The highest BCUT2D eigenvalue weighted by atomic mass is 16.5. The van der Waals surface area contributed by atoms with Crippen LogP contribution in [0.5, 0.6) is 5.75 Å². The first kappa shape index (κ1) is 20.5. The zero-order chi connectivity index (χ0) is 22.2. The van der Waals surface area contributed by atoms with Crippen molar-refractivity contribution in [1.29, 1.82) is 0 Å². The molecule has 3 amide bonds. The van der Waals surface area contributed by atoms with E-state index < -0.39 is 6.04 Å². The number of benzene rings is 2. The molecule has 1 heterocycles. The maximum absolute atomic E-state index is 13.4. The summed E-state index contributed by atoms with van der Waals surface area (Å²) in [6.07, 6.45) is 5.06. The van der Waals surface area contributed by atoms with Crippen molar-refractivity contribution < 1.29 is 19.1 Å². The van der Waals surface area contributed by atoms with Crippen LogP contribution < -0.4 is 10.1 Å². The maximum Gasteiger partial charge on any atom is 0.234 e. The van der Waals surface area contributed by atoms with E-state index in [4.69, 9.17) is 4.74 Å². The number of hydrogen-bond acceptors (Lipinski definition) is 4. The summed E-state index contributed by atoms with van der Waals surface area (Å²) in [5, 5.41) is 2.93. The average Bonchev–Trinajstić information content (AvgIpc) is 3.51. The standard InChI is InChI=1S/C26H26N2O4/c1-32-20-11-9-17(10-12-20)21(14-22(29)27-15-16-5-3-2-4-6-16)28-25(30)23-18-7-8-19(13-18)24(23)26(28)31/h2-12,18-19,21,23-24H,13-15H2,1H3,(H,27,29). The van der Waals surface area contributed by atoms with Crippen LogP contribution in [-0.4, -0.2) is 29.7 Å². The van der Waals surface area contributed by atoms with Gasteiger partial charge in [-0.15, -0.1) is 0 Å². The van der Waals surface area contributed by atoms with Gasteiger partial charge >= 0.3 is 0 Å². The quantitative estimate of drug-likeness (QED) is 0.541. The van der Waals surface area contributed by atoms with Crippen LogP contribution in [0.3, 0.4) is 0 Å². The summed E-state index contributed by atoms with van der Waals surface area (Å²) in [6, 6.07) is 16.3. The number of nitrogens with one attached hydrogen (secondary N) is 1. The van der Waals surface area contributed by atoms with Crippen molar-refractivity contribution >= 4 is 17.7 Å². The predicted octanol–water partition coefficient (Wildman–Crippen LogP) is 3.25. The van der Waals surface area contributed by atoms with Gasteiger partial charge in [-0.05, 0) is 41.5 Å². The summed E-state index contributed by atoms with van der Waals surface area (Å²) in [6.45, 7) is 0.399. The molecular formula is C26H26N2O4. The molecule has 3 aliphatic rings. The van der Waals surface area contributed by atoms with E-state index >= 15 is 0 Å². The zero-order valence-corrected chi connectivity index (χ0v) is 17.9. The molecule has 2 aliphatic carbocycles. The number of imide groups is 1. The largest absolute Gasteiger partial charge is 0.497 e. The van der Waals surface area contributed by atoms with Crippen LogP contribution in [0.1, 0.15) is 30.0 Å². The molecular weight excluding hydrogens is 404 g/mol. The molecule has 6 nitrogen and oxygen atoms in total. The predicted molar refractivity (Wildman–Crippen MR) is 118 cm³/mol. The number of nitrogens with zero attached hydrogens (tertiary/aromatic N) is 1. The van der Waals surface area contributed by atoms with Gasteiger partial charge in [0.05, 0.1) is 31.4 Å². The van der Waals surface area contributed by atoms with Crippen molar-refractivity contribution in [3.63, 3.8) is 0 Å². The average molecular weight is 431 g/mol. The molecule has 6 heteroatoms. The molecule has 1 aliphatic heterocycles. The number of carbonyl (C=O) groups excluding carboxylic acids is 3. The van der Waals surface area contributed by atoms with Crippen molar-refractivity contribution in [1.82, 2.24) is 10.2 Å². The minimum absolute atomic E-state index is 0.0266. The molecule has 5 rings (SSSR count). The Morgan fingerprint density at radius 1 is 1.00 bits per heavy atom. The summed E-state index contributed by atoms with van der Waals surface area (Å²) in [5.41, 5.74) is 1.75. The molecule has 1 saturated carbocycles. The number of likely N-dealkylation sites (tertiary alicyclic amines) is 1.